The Balaban J connectivity index is 0. The molecule has 0 rings (SSSR count). The van der Waals surface area contributed by atoms with E-state index in [0.717, 1.165) is 4.90 Å². The van der Waals surface area contributed by atoms with Crippen molar-refractivity contribution in [1.82, 2.24) is 4.90 Å². The quantitative estimate of drug-likeness (QED) is 0.315. The first-order valence-electron chi connectivity index (χ1n) is 2.36. The molecule has 6 heteroatoms. The van der Waals surface area contributed by atoms with Gasteiger partial charge in [0.15, 0.2) is 0 Å². The Bertz CT molecular complexity index is 95.3. The molecule has 10 heavy (non-hydrogen) atoms. The van der Waals surface area contributed by atoms with E-state index in [9.17, 15) is 4.79 Å². The van der Waals surface area contributed by atoms with Crippen molar-refractivity contribution >= 4 is 35.5 Å². The van der Waals surface area contributed by atoms with Crippen LogP contribution in [0.2, 0.25) is 0 Å². The Morgan fingerprint density at radius 3 is 1.80 bits per heavy atom. The van der Waals surface area contributed by atoms with Crippen molar-refractivity contribution in [2.45, 2.75) is 0 Å². The van der Waals surface area contributed by atoms with Gasteiger partial charge in [-0.15, -0.1) is 0 Å². The van der Waals surface area contributed by atoms with Crippen molar-refractivity contribution < 1.29 is 20.1 Å². The summed E-state index contributed by atoms with van der Waals surface area (Å²) in [6.07, 6.45) is 0. The summed E-state index contributed by atoms with van der Waals surface area (Å²) in [4.78, 5) is 10.8. The summed E-state index contributed by atoms with van der Waals surface area (Å²) in [5.74, 6) is -1.07. The number of carboxylic acids is 1. The van der Waals surface area contributed by atoms with Gasteiger partial charge in [-0.25, -0.2) is 4.90 Å². The van der Waals surface area contributed by atoms with Crippen LogP contribution in [0.25, 0.3) is 0 Å². The molecule has 0 aliphatic heterocycles. The van der Waals surface area contributed by atoms with Gasteiger partial charge in [0.05, 0.1) is 13.5 Å². The van der Waals surface area contributed by atoms with E-state index in [1.54, 1.807) is 0 Å². The summed E-state index contributed by atoms with van der Waals surface area (Å²) in [6.45, 7) is -1.22. The van der Waals surface area contributed by atoms with Crippen LogP contribution in [0.1, 0.15) is 0 Å². The molecule has 0 saturated carbocycles. The molecule has 0 spiro atoms. The molecule has 0 unspecified atom stereocenters. The van der Waals surface area contributed by atoms with E-state index in [1.165, 1.54) is 0 Å². The molecule has 0 heterocycles. The number of aliphatic hydroxyl groups excluding tert-OH is 2. The van der Waals surface area contributed by atoms with Crippen LogP contribution in [-0.2, 0) is 4.79 Å². The van der Waals surface area contributed by atoms with Crippen LogP contribution in [0.5, 0.6) is 0 Å². The maximum atomic E-state index is 9.86. The number of carbonyl (C=O) groups is 1. The molecule has 3 N–H and O–H groups in total. The van der Waals surface area contributed by atoms with Crippen molar-refractivity contribution in [2.75, 3.05) is 20.0 Å². The number of aliphatic hydroxyl groups is 2. The monoisotopic (exact) mass is 159 g/mol. The third kappa shape index (κ3) is 6.47. The first kappa shape index (κ1) is 13.0. The van der Waals surface area contributed by atoms with Gasteiger partial charge < -0.3 is 15.3 Å². The molecule has 0 fully saturated rings. The first-order valence-corrected chi connectivity index (χ1v) is 2.36. The second-order valence-corrected chi connectivity index (χ2v) is 1.51. The van der Waals surface area contributed by atoms with Gasteiger partial charge in [-0.3, -0.25) is 4.79 Å². The maximum absolute atomic E-state index is 9.86. The summed E-state index contributed by atoms with van der Waals surface area (Å²) in [6, 6.07) is 0. The van der Waals surface area contributed by atoms with Crippen molar-refractivity contribution in [3.05, 3.63) is 0 Å². The number of carboxylic acid groups (broad SMARTS) is 1. The average molecular weight is 159 g/mol. The zero-order chi connectivity index (χ0) is 7.28. The first-order chi connectivity index (χ1) is 4.20. The molecule has 0 saturated heterocycles. The fraction of sp³-hybridized carbons (Fsp3) is 0.750. The van der Waals surface area contributed by atoms with Gasteiger partial charge in [-0.1, -0.05) is 0 Å². The molecule has 0 aliphatic rings. The standard InChI is InChI=1S/C4H9NO4.Na.H/c6-2-5(3-7)1-4(8)9;;/h6-7H,1-3H2,(H,8,9);;. The van der Waals surface area contributed by atoms with Gasteiger partial charge in [-0.05, 0) is 0 Å². The van der Waals surface area contributed by atoms with Gasteiger partial charge in [0.25, 0.3) is 0 Å². The molecule has 0 aromatic heterocycles. The number of hydrogen-bond acceptors (Lipinski definition) is 4. The van der Waals surface area contributed by atoms with Crippen LogP contribution in [0.3, 0.4) is 0 Å². The fourth-order valence-corrected chi connectivity index (χ4v) is 0.336. The second-order valence-electron chi connectivity index (χ2n) is 1.51. The molecule has 0 radical (unpaired) electrons. The molecule has 0 aromatic rings. The Hall–Kier alpha value is 0.350. The van der Waals surface area contributed by atoms with E-state index in [4.69, 9.17) is 15.3 Å². The van der Waals surface area contributed by atoms with Crippen molar-refractivity contribution in [1.29, 1.82) is 0 Å². The summed E-state index contributed by atoms with van der Waals surface area (Å²) in [7, 11) is 0. The van der Waals surface area contributed by atoms with Crippen LogP contribution in [0.4, 0.5) is 0 Å². The Kier molecular flexibility index (Phi) is 9.68. The summed E-state index contributed by atoms with van der Waals surface area (Å²) < 4.78 is 0. The van der Waals surface area contributed by atoms with E-state index in [-0.39, 0.29) is 36.1 Å². The van der Waals surface area contributed by atoms with Crippen LogP contribution in [-0.4, -0.2) is 75.8 Å². The third-order valence-electron chi connectivity index (χ3n) is 0.759. The molecule has 0 bridgehead atoms. The average Bonchev–Trinajstić information content (AvgIpc) is 1.82. The van der Waals surface area contributed by atoms with Gasteiger partial charge >= 0.3 is 35.5 Å². The van der Waals surface area contributed by atoms with Crippen LogP contribution >= 0.6 is 0 Å². The fourth-order valence-electron chi connectivity index (χ4n) is 0.336. The normalized spacial score (nSPS) is 9.10. The van der Waals surface area contributed by atoms with E-state index in [2.05, 4.69) is 0 Å². The van der Waals surface area contributed by atoms with E-state index in [1.807, 2.05) is 0 Å². The number of hydrogen-bond donors (Lipinski definition) is 3. The summed E-state index contributed by atoms with van der Waals surface area (Å²) >= 11 is 0. The molecular formula is C4H10NNaO4. The van der Waals surface area contributed by atoms with E-state index < -0.39 is 19.4 Å². The molecule has 56 valence electrons. The predicted octanol–water partition coefficient (Wildman–Crippen LogP) is -2.38. The van der Waals surface area contributed by atoms with Crippen LogP contribution in [0, 0.1) is 0 Å². The minimum atomic E-state index is -1.07. The molecule has 0 aromatic carbocycles. The molecule has 0 amide bonds. The van der Waals surface area contributed by atoms with Gasteiger partial charge in [0.1, 0.15) is 6.54 Å². The minimum absolute atomic E-state index is 0. The Morgan fingerprint density at radius 1 is 1.30 bits per heavy atom. The van der Waals surface area contributed by atoms with Crippen molar-refractivity contribution in [3.8, 4) is 0 Å². The topological polar surface area (TPSA) is 81.0 Å². The van der Waals surface area contributed by atoms with Gasteiger partial charge in [-0.2, -0.15) is 0 Å². The zero-order valence-electron chi connectivity index (χ0n) is 4.82. The van der Waals surface area contributed by atoms with Crippen LogP contribution < -0.4 is 0 Å². The summed E-state index contributed by atoms with van der Waals surface area (Å²) in [5.41, 5.74) is 0. The van der Waals surface area contributed by atoms with E-state index in [0.29, 0.717) is 0 Å². The zero-order valence-corrected chi connectivity index (χ0v) is 4.82. The van der Waals surface area contributed by atoms with E-state index >= 15 is 0 Å². The molecule has 0 atom stereocenters. The van der Waals surface area contributed by atoms with Gasteiger partial charge in [0, 0.05) is 0 Å². The predicted molar refractivity (Wildman–Crippen MR) is 35.7 cm³/mol. The molecular weight excluding hydrogens is 149 g/mol. The number of nitrogens with zero attached hydrogens (tertiary/aromatic N) is 1. The Morgan fingerprint density at radius 2 is 1.70 bits per heavy atom. The second kappa shape index (κ2) is 7.46. The van der Waals surface area contributed by atoms with Crippen LogP contribution in [0.15, 0.2) is 0 Å². The molecule has 0 aliphatic carbocycles. The summed E-state index contributed by atoms with van der Waals surface area (Å²) in [5, 5.41) is 24.6. The molecule has 5 nitrogen and oxygen atoms in total. The third-order valence-corrected chi connectivity index (χ3v) is 0.759. The van der Waals surface area contributed by atoms with Crippen molar-refractivity contribution in [3.63, 3.8) is 0 Å². The number of rotatable bonds is 4. The number of aliphatic carboxylic acids is 1. The van der Waals surface area contributed by atoms with Crippen molar-refractivity contribution in [2.24, 2.45) is 0 Å². The SMILES string of the molecule is O=C(O)CN(CO)CO.[NaH]. The van der Waals surface area contributed by atoms with Gasteiger partial charge in [0.2, 0.25) is 0 Å². The Labute approximate surface area is 80.6 Å².